The fourth-order valence-corrected chi connectivity index (χ4v) is 5.93. The zero-order chi connectivity index (χ0) is 24.3. The maximum Gasteiger partial charge on any atom is 0.246 e. The molecule has 5 atom stereocenters. The molecule has 4 heterocycles. The van der Waals surface area contributed by atoms with Gasteiger partial charge in [0.1, 0.15) is 17.5 Å². The fraction of sp³-hybridized carbons (Fsp3) is 0.400. The molecule has 0 aliphatic carbocycles. The third-order valence-electron chi connectivity index (χ3n) is 6.46. The first-order valence-electron chi connectivity index (χ1n) is 11.2. The summed E-state index contributed by atoms with van der Waals surface area (Å²) in [5.74, 6) is -3.49. The lowest BCUT2D eigenvalue weighted by atomic mass is 9.74. The number of ether oxygens (including phenoxy) is 1. The van der Waals surface area contributed by atoms with Gasteiger partial charge in [0.2, 0.25) is 17.7 Å². The average molecular weight is 484 g/mol. The average Bonchev–Trinajstić information content (AvgIpc) is 3.51. The van der Waals surface area contributed by atoms with Crippen LogP contribution in [0.15, 0.2) is 53.9 Å². The van der Waals surface area contributed by atoms with Crippen molar-refractivity contribution in [1.82, 2.24) is 10.2 Å². The largest absolute Gasteiger partial charge is 0.359 e. The fourth-order valence-electron chi connectivity index (χ4n) is 5.22. The van der Waals surface area contributed by atoms with Gasteiger partial charge in [0.25, 0.3) is 0 Å². The maximum atomic E-state index is 14.2. The van der Waals surface area contributed by atoms with Crippen LogP contribution in [0, 0.1) is 17.7 Å². The van der Waals surface area contributed by atoms with Crippen LogP contribution in [0.2, 0.25) is 0 Å². The van der Waals surface area contributed by atoms with Crippen LogP contribution in [0.4, 0.5) is 10.1 Å². The molecular formula is C25H26FN3O4S. The highest BCUT2D eigenvalue weighted by Gasteiger charge is 2.72. The number of anilines is 1. The highest BCUT2D eigenvalue weighted by molar-refractivity contribution is 7.09. The van der Waals surface area contributed by atoms with E-state index in [-0.39, 0.29) is 24.0 Å². The van der Waals surface area contributed by atoms with Crippen LogP contribution in [0.3, 0.4) is 0 Å². The van der Waals surface area contributed by atoms with Gasteiger partial charge in [-0.05, 0) is 44.4 Å². The van der Waals surface area contributed by atoms with E-state index in [9.17, 15) is 18.8 Å². The Morgan fingerprint density at radius 3 is 2.62 bits per heavy atom. The number of hydrogen-bond acceptors (Lipinski definition) is 5. The number of carbonyl (C=O) groups is 3. The van der Waals surface area contributed by atoms with E-state index in [0.29, 0.717) is 0 Å². The molecule has 2 fully saturated rings. The topological polar surface area (TPSA) is 87.7 Å². The summed E-state index contributed by atoms with van der Waals surface area (Å²) in [6.45, 7) is 5.84. The molecule has 34 heavy (non-hydrogen) atoms. The van der Waals surface area contributed by atoms with E-state index in [0.717, 1.165) is 4.88 Å². The number of carbonyl (C=O) groups excluding carboxylic acids is 3. The number of rotatable bonds is 5. The number of para-hydroxylation sites is 1. The van der Waals surface area contributed by atoms with E-state index in [1.54, 1.807) is 18.2 Å². The van der Waals surface area contributed by atoms with Crippen molar-refractivity contribution in [2.24, 2.45) is 11.8 Å². The molecule has 178 valence electrons. The van der Waals surface area contributed by atoms with Gasteiger partial charge in [-0.2, -0.15) is 0 Å². The molecule has 2 saturated heterocycles. The van der Waals surface area contributed by atoms with Gasteiger partial charge in [-0.1, -0.05) is 30.4 Å². The van der Waals surface area contributed by atoms with E-state index in [1.807, 2.05) is 38.3 Å². The second kappa shape index (κ2) is 8.02. The van der Waals surface area contributed by atoms with Crippen LogP contribution >= 0.6 is 11.3 Å². The normalized spacial score (nSPS) is 29.4. The van der Waals surface area contributed by atoms with Crippen molar-refractivity contribution in [3.05, 3.63) is 64.6 Å². The molecule has 3 aliphatic heterocycles. The summed E-state index contributed by atoms with van der Waals surface area (Å²) in [5, 5.41) is 7.50. The van der Waals surface area contributed by atoms with Crippen molar-refractivity contribution in [1.29, 1.82) is 0 Å². The van der Waals surface area contributed by atoms with Crippen molar-refractivity contribution in [2.75, 3.05) is 5.32 Å². The molecule has 2 N–H and O–H groups in total. The number of amides is 3. The molecule has 3 aliphatic rings. The smallest absolute Gasteiger partial charge is 0.246 e. The number of thiophene rings is 1. The molecule has 0 saturated carbocycles. The van der Waals surface area contributed by atoms with Crippen molar-refractivity contribution in [3.63, 3.8) is 0 Å². The maximum absolute atomic E-state index is 14.2. The first kappa shape index (κ1) is 22.7. The standard InChI is InChI=1S/C25H26FN3O4S/c1-24(2,3)28-22(31)20-25-11-10-17(33-25)18(21(30)27-16-9-5-4-8-15(16)26)19(25)23(32)29(20)13-14-7-6-12-34-14/h4-12,17-20H,13H2,1-3H3,(H,27,30)(H,28,31)/t17-,18+,19-,20+,25+/m1/s1. The first-order valence-corrected chi connectivity index (χ1v) is 12.1. The van der Waals surface area contributed by atoms with Gasteiger partial charge in [0.05, 0.1) is 30.2 Å². The molecule has 9 heteroatoms. The molecule has 1 aromatic carbocycles. The van der Waals surface area contributed by atoms with Gasteiger partial charge < -0.3 is 20.3 Å². The van der Waals surface area contributed by atoms with Gasteiger partial charge in [0.15, 0.2) is 0 Å². The quantitative estimate of drug-likeness (QED) is 0.640. The summed E-state index contributed by atoms with van der Waals surface area (Å²) < 4.78 is 20.4. The number of nitrogens with one attached hydrogen (secondary N) is 2. The first-order chi connectivity index (χ1) is 16.1. The predicted octanol–water partition coefficient (Wildman–Crippen LogP) is 3.09. The Morgan fingerprint density at radius 2 is 1.94 bits per heavy atom. The molecular weight excluding hydrogens is 457 g/mol. The summed E-state index contributed by atoms with van der Waals surface area (Å²) in [4.78, 5) is 43.1. The molecule has 1 spiro atoms. The Labute approximate surface area is 201 Å². The summed E-state index contributed by atoms with van der Waals surface area (Å²) in [6.07, 6.45) is 2.82. The molecule has 7 nitrogen and oxygen atoms in total. The second-order valence-corrected chi connectivity index (χ2v) is 11.0. The highest BCUT2D eigenvalue weighted by atomic mass is 32.1. The number of benzene rings is 1. The third kappa shape index (κ3) is 3.63. The second-order valence-electron chi connectivity index (χ2n) is 9.95. The van der Waals surface area contributed by atoms with E-state index in [2.05, 4.69) is 10.6 Å². The van der Waals surface area contributed by atoms with Crippen molar-refractivity contribution in [3.8, 4) is 0 Å². The molecule has 0 radical (unpaired) electrons. The molecule has 0 unspecified atom stereocenters. The lowest BCUT2D eigenvalue weighted by Gasteiger charge is -2.34. The minimum Gasteiger partial charge on any atom is -0.359 e. The van der Waals surface area contributed by atoms with E-state index >= 15 is 0 Å². The summed E-state index contributed by atoms with van der Waals surface area (Å²) in [7, 11) is 0. The predicted molar refractivity (Wildman–Crippen MR) is 125 cm³/mol. The van der Waals surface area contributed by atoms with Crippen LogP contribution in [0.5, 0.6) is 0 Å². The van der Waals surface area contributed by atoms with Crippen molar-refractivity contribution >= 4 is 34.7 Å². The number of hydrogen-bond donors (Lipinski definition) is 2. The molecule has 1 aromatic heterocycles. The Balaban J connectivity index is 1.51. The van der Waals surface area contributed by atoms with E-state index in [4.69, 9.17) is 4.74 Å². The number of likely N-dealkylation sites (tertiary alicyclic amines) is 1. The molecule has 2 bridgehead atoms. The van der Waals surface area contributed by atoms with Gasteiger partial charge in [-0.15, -0.1) is 11.3 Å². The number of halogens is 1. The summed E-state index contributed by atoms with van der Waals surface area (Å²) in [5.41, 5.74) is -1.74. The van der Waals surface area contributed by atoms with E-state index < -0.39 is 46.8 Å². The molecule has 5 rings (SSSR count). The number of fused-ring (bicyclic) bond motifs is 1. The van der Waals surface area contributed by atoms with Crippen LogP contribution in [0.25, 0.3) is 0 Å². The minimum absolute atomic E-state index is 0.0382. The Hall–Kier alpha value is -3.04. The van der Waals surface area contributed by atoms with Gasteiger partial charge in [-0.3, -0.25) is 14.4 Å². The monoisotopic (exact) mass is 483 g/mol. The summed E-state index contributed by atoms with van der Waals surface area (Å²) in [6, 6.07) is 8.73. The highest BCUT2D eigenvalue weighted by Crippen LogP contribution is 2.55. The van der Waals surface area contributed by atoms with Crippen LogP contribution < -0.4 is 10.6 Å². The molecule has 3 amide bonds. The Bertz CT molecular complexity index is 1180. The lowest BCUT2D eigenvalue weighted by molar-refractivity contribution is -0.142. The zero-order valence-corrected chi connectivity index (χ0v) is 19.9. The van der Waals surface area contributed by atoms with Crippen LogP contribution in [-0.2, 0) is 25.7 Å². The summed E-state index contributed by atoms with van der Waals surface area (Å²) >= 11 is 1.49. The minimum atomic E-state index is -1.26. The SMILES string of the molecule is CC(C)(C)NC(=O)[C@@H]1N(Cc2cccs2)C(=O)[C@H]2[C@@H](C(=O)Nc3ccccc3F)[C@H]3C=C[C@@]12O3. The van der Waals surface area contributed by atoms with Gasteiger partial charge in [0, 0.05) is 10.4 Å². The van der Waals surface area contributed by atoms with Gasteiger partial charge in [-0.25, -0.2) is 4.39 Å². The Kier molecular flexibility index (Phi) is 5.37. The zero-order valence-electron chi connectivity index (χ0n) is 19.1. The van der Waals surface area contributed by atoms with Crippen molar-refractivity contribution < 1.29 is 23.5 Å². The van der Waals surface area contributed by atoms with Crippen molar-refractivity contribution in [2.45, 2.75) is 50.6 Å². The van der Waals surface area contributed by atoms with E-state index in [1.165, 1.54) is 34.4 Å². The Morgan fingerprint density at radius 1 is 1.18 bits per heavy atom. The molecule has 2 aromatic rings. The number of nitrogens with zero attached hydrogens (tertiary/aromatic N) is 1. The van der Waals surface area contributed by atoms with Crippen LogP contribution in [0.1, 0.15) is 25.6 Å². The van der Waals surface area contributed by atoms with Crippen LogP contribution in [-0.4, -0.2) is 45.9 Å². The van der Waals surface area contributed by atoms with Gasteiger partial charge >= 0.3 is 0 Å². The third-order valence-corrected chi connectivity index (χ3v) is 7.32. The lowest BCUT2D eigenvalue weighted by Crippen LogP contribution is -2.57.